The Morgan fingerprint density at radius 2 is 1.61 bits per heavy atom. The number of benzene rings is 1. The van der Waals surface area contributed by atoms with Crippen LogP contribution in [0.3, 0.4) is 0 Å². The molecule has 0 fully saturated rings. The molecule has 3 rings (SSSR count). The van der Waals surface area contributed by atoms with Gasteiger partial charge in [-0.05, 0) is 68.0 Å². The first-order chi connectivity index (χ1) is 11.1. The van der Waals surface area contributed by atoms with Gasteiger partial charge in [-0.1, -0.05) is 22.0 Å². The van der Waals surface area contributed by atoms with Gasteiger partial charge < -0.3 is 8.83 Å². The van der Waals surface area contributed by atoms with Crippen molar-refractivity contribution in [2.24, 2.45) is 4.99 Å². The van der Waals surface area contributed by atoms with Crippen LogP contribution in [0.25, 0.3) is 0 Å². The Morgan fingerprint density at radius 1 is 1.00 bits per heavy atom. The van der Waals surface area contributed by atoms with E-state index in [-0.39, 0.29) is 5.92 Å². The van der Waals surface area contributed by atoms with Crippen molar-refractivity contribution in [1.82, 2.24) is 0 Å². The second-order valence-electron chi connectivity index (χ2n) is 5.24. The molecule has 5 heteroatoms. The fraction of sp³-hybridized carbons (Fsp3) is 0.167. The Kier molecular flexibility index (Phi) is 4.62. The highest BCUT2D eigenvalue weighted by atomic mass is 79.9. The van der Waals surface area contributed by atoms with E-state index in [9.17, 15) is 0 Å². The Morgan fingerprint density at radius 3 is 2.09 bits per heavy atom. The van der Waals surface area contributed by atoms with E-state index in [0.717, 1.165) is 38.8 Å². The average molecular weight is 388 g/mol. The Labute approximate surface area is 148 Å². The maximum Gasteiger partial charge on any atom is 0.119 e. The van der Waals surface area contributed by atoms with Gasteiger partial charge in [-0.25, -0.2) is 0 Å². The third kappa shape index (κ3) is 3.37. The maximum absolute atomic E-state index is 5.87. The Bertz CT molecular complexity index is 850. The molecule has 0 aliphatic rings. The van der Waals surface area contributed by atoms with E-state index >= 15 is 0 Å². The highest BCUT2D eigenvalue weighted by molar-refractivity contribution is 9.10. The predicted molar refractivity (Wildman–Crippen MR) is 96.7 cm³/mol. The molecule has 0 saturated heterocycles. The fourth-order valence-corrected chi connectivity index (χ4v) is 3.02. The SMILES string of the molecule is Cc1ccc(C(c2ccc(C)o2)c2ccc(Br)cc2N=C=S)o1. The van der Waals surface area contributed by atoms with Gasteiger partial charge in [-0.15, -0.1) is 0 Å². The van der Waals surface area contributed by atoms with Crippen LogP contribution < -0.4 is 0 Å². The molecule has 23 heavy (non-hydrogen) atoms. The van der Waals surface area contributed by atoms with E-state index in [1.165, 1.54) is 0 Å². The minimum absolute atomic E-state index is 0.187. The summed E-state index contributed by atoms with van der Waals surface area (Å²) in [6.45, 7) is 3.84. The topological polar surface area (TPSA) is 38.6 Å². The van der Waals surface area contributed by atoms with Crippen LogP contribution in [0.5, 0.6) is 0 Å². The molecule has 116 valence electrons. The second kappa shape index (κ2) is 6.67. The summed E-state index contributed by atoms with van der Waals surface area (Å²) in [5.41, 5.74) is 1.69. The zero-order valence-electron chi connectivity index (χ0n) is 12.7. The van der Waals surface area contributed by atoms with Crippen molar-refractivity contribution in [3.63, 3.8) is 0 Å². The van der Waals surface area contributed by atoms with Crippen LogP contribution in [0, 0.1) is 13.8 Å². The third-order valence-electron chi connectivity index (χ3n) is 3.56. The lowest BCUT2D eigenvalue weighted by atomic mass is 9.92. The number of furan rings is 2. The minimum Gasteiger partial charge on any atom is -0.465 e. The number of isothiocyanates is 1. The molecule has 1 aromatic carbocycles. The summed E-state index contributed by atoms with van der Waals surface area (Å²) >= 11 is 8.25. The maximum atomic E-state index is 5.87. The first kappa shape index (κ1) is 15.9. The standard InChI is InChI=1S/C18H14BrNO2S/c1-11-3-7-16(21-11)18(17-8-4-12(2)22-17)14-6-5-13(19)9-15(14)20-10-23/h3-9,18H,1-2H3. The number of aliphatic imine (C=N–C) groups is 1. The number of nitrogens with zero attached hydrogens (tertiary/aromatic N) is 1. The minimum atomic E-state index is -0.187. The average Bonchev–Trinajstić information content (AvgIpc) is 3.11. The summed E-state index contributed by atoms with van der Waals surface area (Å²) in [7, 11) is 0. The summed E-state index contributed by atoms with van der Waals surface area (Å²) in [5, 5.41) is 2.45. The molecule has 0 aliphatic carbocycles. The number of hydrogen-bond acceptors (Lipinski definition) is 4. The van der Waals surface area contributed by atoms with Gasteiger partial charge in [-0.3, -0.25) is 0 Å². The van der Waals surface area contributed by atoms with Crippen molar-refractivity contribution >= 4 is 39.0 Å². The molecule has 0 N–H and O–H groups in total. The van der Waals surface area contributed by atoms with Gasteiger partial charge in [0.1, 0.15) is 29.0 Å². The molecular formula is C18H14BrNO2S. The first-order valence-corrected chi connectivity index (χ1v) is 8.28. The molecule has 3 nitrogen and oxygen atoms in total. The molecule has 0 unspecified atom stereocenters. The van der Waals surface area contributed by atoms with Gasteiger partial charge in [0.2, 0.25) is 0 Å². The zero-order chi connectivity index (χ0) is 16.4. The number of aryl methyl sites for hydroxylation is 2. The Balaban J connectivity index is 2.22. The zero-order valence-corrected chi connectivity index (χ0v) is 15.1. The van der Waals surface area contributed by atoms with Crippen LogP contribution >= 0.6 is 28.1 Å². The lowest BCUT2D eigenvalue weighted by Gasteiger charge is -2.15. The van der Waals surface area contributed by atoms with Crippen LogP contribution in [-0.4, -0.2) is 5.16 Å². The molecule has 0 aliphatic heterocycles. The smallest absolute Gasteiger partial charge is 0.119 e. The number of rotatable bonds is 4. The first-order valence-electron chi connectivity index (χ1n) is 7.08. The van der Waals surface area contributed by atoms with Crippen LogP contribution in [-0.2, 0) is 0 Å². The van der Waals surface area contributed by atoms with E-state index < -0.39 is 0 Å². The molecule has 0 amide bonds. The van der Waals surface area contributed by atoms with Crippen molar-refractivity contribution < 1.29 is 8.83 Å². The van der Waals surface area contributed by atoms with Crippen LogP contribution in [0.2, 0.25) is 0 Å². The van der Waals surface area contributed by atoms with E-state index in [2.05, 4.69) is 26.1 Å². The van der Waals surface area contributed by atoms with Crippen LogP contribution in [0.4, 0.5) is 5.69 Å². The molecule has 0 saturated carbocycles. The largest absolute Gasteiger partial charge is 0.465 e. The van der Waals surface area contributed by atoms with Gasteiger partial charge in [0.15, 0.2) is 0 Å². The fourth-order valence-electron chi connectivity index (χ4n) is 2.57. The lowest BCUT2D eigenvalue weighted by Crippen LogP contribution is -2.01. The summed E-state index contributed by atoms with van der Waals surface area (Å²) in [5.74, 6) is 3.13. The van der Waals surface area contributed by atoms with Crippen molar-refractivity contribution in [2.75, 3.05) is 0 Å². The second-order valence-corrected chi connectivity index (χ2v) is 6.33. The molecule has 0 spiro atoms. The van der Waals surface area contributed by atoms with E-state index in [1.807, 2.05) is 56.3 Å². The van der Waals surface area contributed by atoms with Crippen molar-refractivity contribution in [3.05, 3.63) is 75.5 Å². The quantitative estimate of drug-likeness (QED) is 0.397. The summed E-state index contributed by atoms with van der Waals surface area (Å²) in [6, 6.07) is 13.7. The summed E-state index contributed by atoms with van der Waals surface area (Å²) in [6.07, 6.45) is 0. The molecule has 0 atom stereocenters. The third-order valence-corrected chi connectivity index (χ3v) is 4.15. The van der Waals surface area contributed by atoms with Crippen molar-refractivity contribution in [1.29, 1.82) is 0 Å². The van der Waals surface area contributed by atoms with Gasteiger partial charge in [0.05, 0.1) is 10.8 Å². The van der Waals surface area contributed by atoms with Gasteiger partial charge in [-0.2, -0.15) is 4.99 Å². The lowest BCUT2D eigenvalue weighted by molar-refractivity contribution is 0.428. The predicted octanol–water partition coefficient (Wildman–Crippen LogP) is 6.17. The molecular weight excluding hydrogens is 374 g/mol. The van der Waals surface area contributed by atoms with Crippen molar-refractivity contribution in [3.8, 4) is 0 Å². The monoisotopic (exact) mass is 387 g/mol. The van der Waals surface area contributed by atoms with E-state index in [0.29, 0.717) is 0 Å². The van der Waals surface area contributed by atoms with Crippen molar-refractivity contribution in [2.45, 2.75) is 19.8 Å². The van der Waals surface area contributed by atoms with Gasteiger partial charge in [0, 0.05) is 4.47 Å². The van der Waals surface area contributed by atoms with Crippen LogP contribution in [0.15, 0.2) is 60.8 Å². The summed E-state index contributed by atoms with van der Waals surface area (Å²) in [4.78, 5) is 4.20. The molecule has 2 heterocycles. The molecule has 3 aromatic rings. The summed E-state index contributed by atoms with van der Waals surface area (Å²) < 4.78 is 12.7. The Hall–Kier alpha value is -1.94. The van der Waals surface area contributed by atoms with Gasteiger partial charge >= 0.3 is 0 Å². The molecule has 2 aromatic heterocycles. The molecule has 0 bridgehead atoms. The van der Waals surface area contributed by atoms with Crippen LogP contribution in [0.1, 0.15) is 34.5 Å². The van der Waals surface area contributed by atoms with Gasteiger partial charge in [0.25, 0.3) is 0 Å². The highest BCUT2D eigenvalue weighted by Gasteiger charge is 2.25. The number of thiocarbonyl (C=S) groups is 1. The number of hydrogen-bond donors (Lipinski definition) is 0. The normalized spacial score (nSPS) is 10.8. The van der Waals surface area contributed by atoms with E-state index in [1.54, 1.807) is 0 Å². The highest BCUT2D eigenvalue weighted by Crippen LogP contribution is 2.39. The van der Waals surface area contributed by atoms with E-state index in [4.69, 9.17) is 21.1 Å². The molecule has 0 radical (unpaired) electrons. The number of halogens is 1.